The standard InChI is InChI=1S/C19H30ClN3O2.HI/c1-3-21-19(23(2)15-16-5-7-17(20)8-6-16)22-11-4-12-25-18-9-13-24-14-10-18;/h5-8,18H,3-4,9-15H2,1-2H3,(H,21,22);1H. The summed E-state index contributed by atoms with van der Waals surface area (Å²) in [6, 6.07) is 7.93. The van der Waals surface area contributed by atoms with E-state index in [2.05, 4.69) is 24.2 Å². The first-order valence-corrected chi connectivity index (χ1v) is 9.50. The van der Waals surface area contributed by atoms with Gasteiger partial charge >= 0.3 is 0 Å². The SMILES string of the molecule is CCNC(=NCCCOC1CCOCC1)N(C)Cc1ccc(Cl)cc1.I. The van der Waals surface area contributed by atoms with E-state index in [1.165, 1.54) is 5.56 Å². The van der Waals surface area contributed by atoms with Gasteiger partial charge in [-0.05, 0) is 43.9 Å². The van der Waals surface area contributed by atoms with Gasteiger partial charge in [-0.2, -0.15) is 0 Å². The van der Waals surface area contributed by atoms with E-state index in [1.54, 1.807) is 0 Å². The summed E-state index contributed by atoms with van der Waals surface area (Å²) >= 11 is 5.95. The van der Waals surface area contributed by atoms with Gasteiger partial charge in [0.15, 0.2) is 5.96 Å². The third-order valence-electron chi connectivity index (χ3n) is 4.12. The maximum Gasteiger partial charge on any atom is 0.193 e. The number of nitrogens with zero attached hydrogens (tertiary/aromatic N) is 2. The van der Waals surface area contributed by atoms with E-state index < -0.39 is 0 Å². The van der Waals surface area contributed by atoms with Crippen molar-refractivity contribution < 1.29 is 9.47 Å². The Hall–Kier alpha value is -0.570. The molecule has 5 nitrogen and oxygen atoms in total. The van der Waals surface area contributed by atoms with Crippen LogP contribution in [-0.4, -0.2) is 56.9 Å². The Kier molecular flexibility index (Phi) is 12.3. The summed E-state index contributed by atoms with van der Waals surface area (Å²) in [4.78, 5) is 6.84. The second-order valence-corrected chi connectivity index (χ2v) is 6.69. The minimum atomic E-state index is 0. The molecule has 0 spiro atoms. The number of guanidine groups is 1. The van der Waals surface area contributed by atoms with Crippen LogP contribution in [0.3, 0.4) is 0 Å². The van der Waals surface area contributed by atoms with Crippen molar-refractivity contribution in [1.82, 2.24) is 10.2 Å². The normalized spacial score (nSPS) is 15.4. The van der Waals surface area contributed by atoms with Crippen molar-refractivity contribution in [3.05, 3.63) is 34.9 Å². The monoisotopic (exact) mass is 495 g/mol. The van der Waals surface area contributed by atoms with Crippen molar-refractivity contribution in [2.75, 3.05) is 40.0 Å². The van der Waals surface area contributed by atoms with Gasteiger partial charge in [-0.25, -0.2) is 0 Å². The summed E-state index contributed by atoms with van der Waals surface area (Å²) in [6.45, 7) is 6.89. The Balaban J connectivity index is 0.00000338. The van der Waals surface area contributed by atoms with Gasteiger partial charge in [0.05, 0.1) is 6.10 Å². The van der Waals surface area contributed by atoms with E-state index >= 15 is 0 Å². The van der Waals surface area contributed by atoms with Crippen LogP contribution in [0.25, 0.3) is 0 Å². The molecule has 0 bridgehead atoms. The fourth-order valence-electron chi connectivity index (χ4n) is 2.75. The number of halogens is 2. The van der Waals surface area contributed by atoms with Crippen LogP contribution in [0.5, 0.6) is 0 Å². The molecule has 0 amide bonds. The lowest BCUT2D eigenvalue weighted by molar-refractivity contribution is -0.0318. The predicted octanol–water partition coefficient (Wildman–Crippen LogP) is 3.94. The van der Waals surface area contributed by atoms with Crippen LogP contribution in [0.15, 0.2) is 29.3 Å². The lowest BCUT2D eigenvalue weighted by Crippen LogP contribution is -2.38. The molecule has 0 radical (unpaired) electrons. The van der Waals surface area contributed by atoms with Gasteiger partial charge in [-0.3, -0.25) is 4.99 Å². The van der Waals surface area contributed by atoms with E-state index in [4.69, 9.17) is 26.1 Å². The quantitative estimate of drug-likeness (QED) is 0.257. The summed E-state index contributed by atoms with van der Waals surface area (Å²) in [7, 11) is 2.05. The van der Waals surface area contributed by atoms with E-state index in [0.717, 1.165) is 69.7 Å². The fourth-order valence-corrected chi connectivity index (χ4v) is 2.88. The van der Waals surface area contributed by atoms with Gasteiger partial charge in [0.25, 0.3) is 0 Å². The lowest BCUT2D eigenvalue weighted by atomic mass is 10.1. The van der Waals surface area contributed by atoms with Gasteiger partial charge in [0.2, 0.25) is 0 Å². The highest BCUT2D eigenvalue weighted by atomic mass is 127. The molecule has 1 aliphatic heterocycles. The van der Waals surface area contributed by atoms with Crippen LogP contribution in [0.2, 0.25) is 5.02 Å². The van der Waals surface area contributed by atoms with E-state index in [0.29, 0.717) is 6.10 Å². The Bertz CT molecular complexity index is 522. The van der Waals surface area contributed by atoms with Gasteiger partial charge in [-0.15, -0.1) is 24.0 Å². The lowest BCUT2D eigenvalue weighted by Gasteiger charge is -2.23. The molecule has 0 atom stereocenters. The molecule has 0 aliphatic carbocycles. The predicted molar refractivity (Wildman–Crippen MR) is 119 cm³/mol. The molecular weight excluding hydrogens is 465 g/mol. The number of hydrogen-bond donors (Lipinski definition) is 1. The largest absolute Gasteiger partial charge is 0.381 e. The average Bonchev–Trinajstić information content (AvgIpc) is 2.63. The second kappa shape index (κ2) is 13.6. The fraction of sp³-hybridized carbons (Fsp3) is 0.632. The highest BCUT2D eigenvalue weighted by molar-refractivity contribution is 14.0. The Morgan fingerprint density at radius 1 is 1.31 bits per heavy atom. The van der Waals surface area contributed by atoms with E-state index in [1.807, 2.05) is 24.3 Å². The maximum atomic E-state index is 5.95. The molecule has 1 N–H and O–H groups in total. The zero-order valence-electron chi connectivity index (χ0n) is 15.7. The summed E-state index contributed by atoms with van der Waals surface area (Å²) in [5.74, 6) is 0.920. The van der Waals surface area contributed by atoms with Gasteiger partial charge in [0, 0.05) is 51.5 Å². The average molecular weight is 496 g/mol. The second-order valence-electron chi connectivity index (χ2n) is 6.25. The van der Waals surface area contributed by atoms with Crippen molar-refractivity contribution >= 4 is 41.5 Å². The number of nitrogens with one attached hydrogen (secondary N) is 1. The Labute approximate surface area is 179 Å². The van der Waals surface area contributed by atoms with E-state index in [9.17, 15) is 0 Å². The molecule has 1 aliphatic rings. The molecule has 0 aromatic heterocycles. The van der Waals surface area contributed by atoms with Crippen LogP contribution in [-0.2, 0) is 16.0 Å². The molecule has 1 saturated heterocycles. The molecule has 7 heteroatoms. The van der Waals surface area contributed by atoms with Crippen molar-refractivity contribution in [2.45, 2.75) is 38.8 Å². The smallest absolute Gasteiger partial charge is 0.193 e. The molecule has 0 saturated carbocycles. The summed E-state index contributed by atoms with van der Waals surface area (Å²) in [5.41, 5.74) is 1.21. The topological polar surface area (TPSA) is 46.1 Å². The van der Waals surface area contributed by atoms with Crippen molar-refractivity contribution in [3.63, 3.8) is 0 Å². The molecule has 1 aromatic rings. The highest BCUT2D eigenvalue weighted by Crippen LogP contribution is 2.12. The molecule has 26 heavy (non-hydrogen) atoms. The summed E-state index contributed by atoms with van der Waals surface area (Å²) in [5, 5.41) is 4.11. The Morgan fingerprint density at radius 2 is 2.00 bits per heavy atom. The van der Waals surface area contributed by atoms with Gasteiger partial charge < -0.3 is 19.7 Å². The first kappa shape index (κ1) is 23.5. The number of ether oxygens (including phenoxy) is 2. The van der Waals surface area contributed by atoms with E-state index in [-0.39, 0.29) is 24.0 Å². The molecule has 0 unspecified atom stereocenters. The molecule has 2 rings (SSSR count). The maximum absolute atomic E-state index is 5.95. The van der Waals surface area contributed by atoms with Gasteiger partial charge in [-0.1, -0.05) is 23.7 Å². The summed E-state index contributed by atoms with van der Waals surface area (Å²) in [6.07, 6.45) is 3.31. The van der Waals surface area contributed by atoms with Crippen molar-refractivity contribution in [1.29, 1.82) is 0 Å². The molecular formula is C19H31ClIN3O2. The molecule has 1 aromatic carbocycles. The zero-order chi connectivity index (χ0) is 17.9. The number of rotatable bonds is 8. The number of aliphatic imine (C=N–C) groups is 1. The number of benzene rings is 1. The Morgan fingerprint density at radius 3 is 2.65 bits per heavy atom. The number of hydrogen-bond acceptors (Lipinski definition) is 3. The molecule has 1 heterocycles. The summed E-state index contributed by atoms with van der Waals surface area (Å²) < 4.78 is 11.2. The molecule has 148 valence electrons. The minimum Gasteiger partial charge on any atom is -0.381 e. The zero-order valence-corrected chi connectivity index (χ0v) is 18.8. The highest BCUT2D eigenvalue weighted by Gasteiger charge is 2.13. The van der Waals surface area contributed by atoms with Crippen LogP contribution < -0.4 is 5.32 Å². The first-order chi connectivity index (χ1) is 12.2. The third-order valence-corrected chi connectivity index (χ3v) is 4.37. The van der Waals surface area contributed by atoms with Crippen LogP contribution in [0, 0.1) is 0 Å². The van der Waals surface area contributed by atoms with Crippen LogP contribution >= 0.6 is 35.6 Å². The third kappa shape index (κ3) is 8.88. The van der Waals surface area contributed by atoms with Crippen LogP contribution in [0.4, 0.5) is 0 Å². The van der Waals surface area contributed by atoms with Crippen molar-refractivity contribution in [2.24, 2.45) is 4.99 Å². The van der Waals surface area contributed by atoms with Gasteiger partial charge in [0.1, 0.15) is 0 Å². The molecule has 1 fully saturated rings. The first-order valence-electron chi connectivity index (χ1n) is 9.12. The van der Waals surface area contributed by atoms with Crippen LogP contribution in [0.1, 0.15) is 31.7 Å². The van der Waals surface area contributed by atoms with Crippen molar-refractivity contribution in [3.8, 4) is 0 Å². The minimum absolute atomic E-state index is 0.